The van der Waals surface area contributed by atoms with Gasteiger partial charge in [0.15, 0.2) is 0 Å². The van der Waals surface area contributed by atoms with E-state index in [1.165, 1.54) is 56.4 Å². The molecule has 0 bridgehead atoms. The van der Waals surface area contributed by atoms with Crippen LogP contribution in [-0.4, -0.2) is 40.5 Å². The standard InChI is InChI=1S/C23H39N5/c1-3-14-28(15-4-2)16-6-5-7-22(24)17-20-8-10-21(11-9-20)18-25-19-23-26-12-13-27-23/h8-13,22,25H,3-7,14-19,24H2,1-2H3,(H,26,27). The number of imidazole rings is 1. The number of rotatable bonds is 15. The van der Waals surface area contributed by atoms with E-state index in [1.807, 2.05) is 6.20 Å². The number of hydrogen-bond donors (Lipinski definition) is 3. The minimum atomic E-state index is 0.258. The summed E-state index contributed by atoms with van der Waals surface area (Å²) < 4.78 is 0. The number of H-pyrrole nitrogens is 1. The first kappa shape index (κ1) is 22.6. The summed E-state index contributed by atoms with van der Waals surface area (Å²) in [5.41, 5.74) is 9.00. The molecule has 0 aliphatic heterocycles. The van der Waals surface area contributed by atoms with Crippen LogP contribution in [0.4, 0.5) is 0 Å². The van der Waals surface area contributed by atoms with Gasteiger partial charge in [0.05, 0.1) is 6.54 Å². The molecule has 0 amide bonds. The van der Waals surface area contributed by atoms with Crippen LogP contribution in [0.5, 0.6) is 0 Å². The lowest BCUT2D eigenvalue weighted by molar-refractivity contribution is 0.267. The average Bonchev–Trinajstić information content (AvgIpc) is 3.20. The summed E-state index contributed by atoms with van der Waals surface area (Å²) in [5.74, 6) is 0.968. The third-order valence-electron chi connectivity index (χ3n) is 5.08. The normalized spacial score (nSPS) is 12.6. The molecule has 5 heteroatoms. The Labute approximate surface area is 171 Å². The van der Waals surface area contributed by atoms with E-state index in [-0.39, 0.29) is 6.04 Å². The van der Waals surface area contributed by atoms with Gasteiger partial charge in [0, 0.05) is 25.0 Å². The van der Waals surface area contributed by atoms with Gasteiger partial charge in [-0.25, -0.2) is 4.98 Å². The SMILES string of the molecule is CCCN(CCC)CCCCC(N)Cc1ccc(CNCc2ncc[nH]2)cc1. The van der Waals surface area contributed by atoms with Crippen molar-refractivity contribution < 1.29 is 0 Å². The lowest BCUT2D eigenvalue weighted by Gasteiger charge is -2.21. The lowest BCUT2D eigenvalue weighted by atomic mass is 10.0. The fraction of sp³-hybridized carbons (Fsp3) is 0.609. The van der Waals surface area contributed by atoms with Crippen LogP contribution in [0.2, 0.25) is 0 Å². The molecule has 28 heavy (non-hydrogen) atoms. The summed E-state index contributed by atoms with van der Waals surface area (Å²) in [5, 5.41) is 3.40. The Bertz CT molecular complexity index is 602. The minimum absolute atomic E-state index is 0.258. The van der Waals surface area contributed by atoms with E-state index in [0.29, 0.717) is 0 Å². The minimum Gasteiger partial charge on any atom is -0.348 e. The maximum absolute atomic E-state index is 6.38. The van der Waals surface area contributed by atoms with E-state index in [1.54, 1.807) is 6.20 Å². The van der Waals surface area contributed by atoms with Crippen LogP contribution in [0.1, 0.15) is 62.9 Å². The molecule has 0 aliphatic carbocycles. The highest BCUT2D eigenvalue weighted by molar-refractivity contribution is 5.23. The van der Waals surface area contributed by atoms with Crippen molar-refractivity contribution in [1.82, 2.24) is 20.2 Å². The molecule has 156 valence electrons. The van der Waals surface area contributed by atoms with E-state index < -0.39 is 0 Å². The highest BCUT2D eigenvalue weighted by Gasteiger charge is 2.06. The first-order valence-corrected chi connectivity index (χ1v) is 11.0. The summed E-state index contributed by atoms with van der Waals surface area (Å²) in [6.45, 7) is 9.80. The number of nitrogens with one attached hydrogen (secondary N) is 2. The number of nitrogens with zero attached hydrogens (tertiary/aromatic N) is 2. The quantitative estimate of drug-likeness (QED) is 0.407. The molecule has 2 aromatic rings. The summed E-state index contributed by atoms with van der Waals surface area (Å²) in [6, 6.07) is 9.09. The lowest BCUT2D eigenvalue weighted by Crippen LogP contribution is -2.27. The number of nitrogens with two attached hydrogens (primary N) is 1. The zero-order valence-corrected chi connectivity index (χ0v) is 17.8. The summed E-state index contributed by atoms with van der Waals surface area (Å²) in [7, 11) is 0. The number of aromatic nitrogens is 2. The van der Waals surface area contributed by atoms with Crippen molar-refractivity contribution in [2.75, 3.05) is 19.6 Å². The molecule has 5 nitrogen and oxygen atoms in total. The number of aromatic amines is 1. The van der Waals surface area contributed by atoms with Gasteiger partial charge in [0.1, 0.15) is 5.82 Å². The molecule has 1 unspecified atom stereocenters. The largest absolute Gasteiger partial charge is 0.348 e. The Hall–Kier alpha value is -1.69. The van der Waals surface area contributed by atoms with Gasteiger partial charge in [-0.05, 0) is 62.9 Å². The number of hydrogen-bond acceptors (Lipinski definition) is 4. The molecule has 1 heterocycles. The third-order valence-corrected chi connectivity index (χ3v) is 5.08. The molecule has 4 N–H and O–H groups in total. The Morgan fingerprint density at radius 1 is 1.00 bits per heavy atom. The second-order valence-electron chi connectivity index (χ2n) is 7.76. The van der Waals surface area contributed by atoms with Gasteiger partial charge in [0.2, 0.25) is 0 Å². The van der Waals surface area contributed by atoms with Crippen LogP contribution < -0.4 is 11.1 Å². The molecule has 0 fully saturated rings. The predicted molar refractivity (Wildman–Crippen MR) is 118 cm³/mol. The monoisotopic (exact) mass is 385 g/mol. The summed E-state index contributed by atoms with van der Waals surface area (Å²) in [6.07, 6.45) is 10.7. The third kappa shape index (κ3) is 9.00. The Morgan fingerprint density at radius 3 is 2.36 bits per heavy atom. The van der Waals surface area contributed by atoms with Crippen molar-refractivity contribution >= 4 is 0 Å². The second kappa shape index (κ2) is 13.5. The maximum Gasteiger partial charge on any atom is 0.120 e. The molecule has 0 aliphatic rings. The van der Waals surface area contributed by atoms with Gasteiger partial charge in [-0.1, -0.05) is 44.5 Å². The van der Waals surface area contributed by atoms with Crippen molar-refractivity contribution in [3.05, 3.63) is 53.6 Å². The Balaban J connectivity index is 1.61. The van der Waals surface area contributed by atoms with Gasteiger partial charge < -0.3 is 20.9 Å². The fourth-order valence-corrected chi connectivity index (χ4v) is 3.63. The van der Waals surface area contributed by atoms with Crippen molar-refractivity contribution in [1.29, 1.82) is 0 Å². The van der Waals surface area contributed by atoms with E-state index in [0.717, 1.165) is 31.8 Å². The summed E-state index contributed by atoms with van der Waals surface area (Å²) in [4.78, 5) is 9.91. The van der Waals surface area contributed by atoms with Crippen molar-refractivity contribution in [3.63, 3.8) is 0 Å². The van der Waals surface area contributed by atoms with Crippen molar-refractivity contribution in [2.24, 2.45) is 5.73 Å². The van der Waals surface area contributed by atoms with Crippen LogP contribution in [0.3, 0.4) is 0 Å². The predicted octanol–water partition coefficient (Wildman–Crippen LogP) is 3.86. The molecular formula is C23H39N5. The van der Waals surface area contributed by atoms with E-state index in [4.69, 9.17) is 5.73 Å². The van der Waals surface area contributed by atoms with E-state index in [9.17, 15) is 0 Å². The number of unbranched alkanes of at least 4 members (excludes halogenated alkanes) is 1. The van der Waals surface area contributed by atoms with Crippen LogP contribution in [-0.2, 0) is 19.5 Å². The zero-order valence-electron chi connectivity index (χ0n) is 17.8. The molecule has 0 radical (unpaired) electrons. The van der Waals surface area contributed by atoms with Crippen molar-refractivity contribution in [3.8, 4) is 0 Å². The first-order valence-electron chi connectivity index (χ1n) is 11.0. The highest BCUT2D eigenvalue weighted by Crippen LogP contribution is 2.10. The smallest absolute Gasteiger partial charge is 0.120 e. The van der Waals surface area contributed by atoms with Gasteiger partial charge in [-0.15, -0.1) is 0 Å². The van der Waals surface area contributed by atoms with Crippen molar-refractivity contribution in [2.45, 2.75) is 71.5 Å². The second-order valence-corrected chi connectivity index (χ2v) is 7.76. The Morgan fingerprint density at radius 2 is 1.71 bits per heavy atom. The van der Waals surface area contributed by atoms with Gasteiger partial charge >= 0.3 is 0 Å². The molecule has 0 saturated carbocycles. The number of benzene rings is 1. The maximum atomic E-state index is 6.38. The van der Waals surface area contributed by atoms with Crippen LogP contribution in [0.25, 0.3) is 0 Å². The van der Waals surface area contributed by atoms with Gasteiger partial charge in [-0.2, -0.15) is 0 Å². The van der Waals surface area contributed by atoms with Crippen LogP contribution >= 0.6 is 0 Å². The molecule has 2 rings (SSSR count). The molecule has 0 spiro atoms. The average molecular weight is 386 g/mol. The molecule has 0 saturated heterocycles. The van der Waals surface area contributed by atoms with E-state index >= 15 is 0 Å². The topological polar surface area (TPSA) is 70.0 Å². The zero-order chi connectivity index (χ0) is 20.0. The summed E-state index contributed by atoms with van der Waals surface area (Å²) >= 11 is 0. The molecule has 1 aromatic heterocycles. The van der Waals surface area contributed by atoms with Crippen LogP contribution in [0.15, 0.2) is 36.7 Å². The Kier molecular flexibility index (Phi) is 10.9. The van der Waals surface area contributed by atoms with E-state index in [2.05, 4.69) is 58.3 Å². The fourth-order valence-electron chi connectivity index (χ4n) is 3.63. The molecule has 1 aromatic carbocycles. The molecular weight excluding hydrogens is 346 g/mol. The van der Waals surface area contributed by atoms with Gasteiger partial charge in [0.25, 0.3) is 0 Å². The highest BCUT2D eigenvalue weighted by atomic mass is 15.1. The van der Waals surface area contributed by atoms with Crippen LogP contribution in [0, 0.1) is 0 Å². The van der Waals surface area contributed by atoms with Gasteiger partial charge in [-0.3, -0.25) is 0 Å². The first-order chi connectivity index (χ1) is 13.7. The molecule has 1 atom stereocenters.